The molecule has 2 aliphatic rings. The Hall–Kier alpha value is -4.27. The number of amides is 2. The fraction of sp³-hybridized carbons (Fsp3) is 0.444. The molecular formula is C36H39F9N4O2. The van der Waals surface area contributed by atoms with Gasteiger partial charge in [0.1, 0.15) is 0 Å². The van der Waals surface area contributed by atoms with E-state index in [0.29, 0.717) is 43.6 Å². The van der Waals surface area contributed by atoms with Crippen molar-refractivity contribution in [2.75, 3.05) is 37.6 Å². The first-order valence-corrected chi connectivity index (χ1v) is 16.2. The number of carbonyl (C=O) groups is 2. The minimum atomic E-state index is -5.12. The number of primary amides is 1. The van der Waals surface area contributed by atoms with E-state index in [-0.39, 0.29) is 31.0 Å². The smallest absolute Gasteiger partial charge is 0.370 e. The van der Waals surface area contributed by atoms with Crippen LogP contribution in [0.5, 0.6) is 0 Å². The van der Waals surface area contributed by atoms with Crippen LogP contribution in [0.15, 0.2) is 60.7 Å². The standard InChI is InChI=1S/C34H34F9N3O.C2H5NO/c1-21-4-3-5-22(2)30(21)45-14-12-44(13-15-45)28-10-11-46(29(20-28)16-23-6-8-25(9-7-23)32(35,36)37)31(47)24-17-26(33(38,39)40)19-27(18-24)34(41,42)43;1-2(3)4/h3-9,17-19,28-29H,10-16,20H2,1-2H3;1H3,(H2,3,4). The average Bonchev–Trinajstić information content (AvgIpc) is 3.03. The Morgan fingerprint density at radius 2 is 1.22 bits per heavy atom. The van der Waals surface area contributed by atoms with Gasteiger partial charge in [0.25, 0.3) is 5.91 Å². The molecule has 0 radical (unpaired) electrons. The largest absolute Gasteiger partial charge is 0.416 e. The van der Waals surface area contributed by atoms with Crippen LogP contribution in [0, 0.1) is 13.8 Å². The normalized spacial score (nSPS) is 19.0. The number of hydrogen-bond donors (Lipinski definition) is 1. The molecule has 0 aromatic heterocycles. The topological polar surface area (TPSA) is 69.9 Å². The number of carbonyl (C=O) groups excluding carboxylic acids is 2. The number of hydrogen-bond acceptors (Lipinski definition) is 4. The second kappa shape index (κ2) is 15.5. The molecule has 2 aliphatic heterocycles. The van der Waals surface area contributed by atoms with Gasteiger partial charge in [-0.3, -0.25) is 14.5 Å². The summed E-state index contributed by atoms with van der Waals surface area (Å²) < 4.78 is 121. The lowest BCUT2D eigenvalue weighted by molar-refractivity contribution is -0.143. The van der Waals surface area contributed by atoms with Crippen LogP contribution in [0.1, 0.15) is 63.5 Å². The Balaban J connectivity index is 0.00000138. The summed E-state index contributed by atoms with van der Waals surface area (Å²) in [6.45, 7) is 8.33. The molecule has 3 aromatic rings. The molecular weight excluding hydrogens is 691 g/mol. The maximum atomic E-state index is 13.7. The molecule has 0 saturated carbocycles. The van der Waals surface area contributed by atoms with Gasteiger partial charge >= 0.3 is 18.5 Å². The van der Waals surface area contributed by atoms with Gasteiger partial charge in [-0.2, -0.15) is 39.5 Å². The molecule has 2 amide bonds. The number of likely N-dealkylation sites (tertiary alicyclic amines) is 1. The molecule has 51 heavy (non-hydrogen) atoms. The van der Waals surface area contributed by atoms with E-state index in [0.717, 1.165) is 36.3 Å². The second-order valence-electron chi connectivity index (χ2n) is 12.9. The summed E-state index contributed by atoms with van der Waals surface area (Å²) >= 11 is 0. The Morgan fingerprint density at radius 3 is 1.69 bits per heavy atom. The van der Waals surface area contributed by atoms with Crippen molar-refractivity contribution in [3.63, 3.8) is 0 Å². The number of aryl methyl sites for hydroxylation is 2. The molecule has 2 fully saturated rings. The van der Waals surface area contributed by atoms with Crippen LogP contribution >= 0.6 is 0 Å². The Morgan fingerprint density at radius 1 is 0.725 bits per heavy atom. The number of piperazine rings is 1. The van der Waals surface area contributed by atoms with Gasteiger partial charge in [0.05, 0.1) is 16.7 Å². The summed E-state index contributed by atoms with van der Waals surface area (Å²) in [5.41, 5.74) is 3.63. The van der Waals surface area contributed by atoms with Gasteiger partial charge in [0.2, 0.25) is 5.91 Å². The number of rotatable bonds is 5. The molecule has 2 N–H and O–H groups in total. The van der Waals surface area contributed by atoms with E-state index < -0.39 is 52.7 Å². The summed E-state index contributed by atoms with van der Waals surface area (Å²) in [7, 11) is 0. The highest BCUT2D eigenvalue weighted by Crippen LogP contribution is 2.38. The summed E-state index contributed by atoms with van der Waals surface area (Å²) in [6, 6.07) is 10.6. The molecule has 3 aromatic carbocycles. The van der Waals surface area contributed by atoms with Crippen molar-refractivity contribution in [2.45, 2.75) is 70.6 Å². The highest BCUT2D eigenvalue weighted by molar-refractivity contribution is 5.95. The van der Waals surface area contributed by atoms with Crippen LogP contribution < -0.4 is 10.6 Å². The highest BCUT2D eigenvalue weighted by Gasteiger charge is 2.40. The van der Waals surface area contributed by atoms with E-state index in [1.807, 2.05) is 6.07 Å². The number of nitrogens with zero attached hydrogens (tertiary/aromatic N) is 3. The molecule has 5 rings (SSSR count). The van der Waals surface area contributed by atoms with Crippen molar-refractivity contribution in [1.82, 2.24) is 9.80 Å². The third-order valence-electron chi connectivity index (χ3n) is 9.12. The van der Waals surface area contributed by atoms with Crippen LogP contribution in [-0.4, -0.2) is 66.4 Å². The third-order valence-corrected chi connectivity index (χ3v) is 9.12. The summed E-state index contributed by atoms with van der Waals surface area (Å²) in [4.78, 5) is 28.8. The Bertz CT molecular complexity index is 1620. The van der Waals surface area contributed by atoms with Crippen molar-refractivity contribution in [3.05, 3.63) is 99.6 Å². The molecule has 0 bridgehead atoms. The Kier molecular flexibility index (Phi) is 12.0. The number of nitrogens with two attached hydrogens (primary N) is 1. The Labute approximate surface area is 290 Å². The van der Waals surface area contributed by atoms with Gasteiger partial charge in [-0.1, -0.05) is 30.3 Å². The van der Waals surface area contributed by atoms with Crippen LogP contribution in [0.3, 0.4) is 0 Å². The maximum absolute atomic E-state index is 13.7. The van der Waals surface area contributed by atoms with Gasteiger partial charge in [-0.05, 0) is 80.1 Å². The number of halogens is 9. The van der Waals surface area contributed by atoms with Gasteiger partial charge in [-0.25, -0.2) is 0 Å². The molecule has 6 nitrogen and oxygen atoms in total. The summed E-state index contributed by atoms with van der Waals surface area (Å²) in [5.74, 6) is -1.32. The number of benzene rings is 3. The van der Waals surface area contributed by atoms with Crippen molar-refractivity contribution in [3.8, 4) is 0 Å². The zero-order valence-corrected chi connectivity index (χ0v) is 28.2. The molecule has 0 spiro atoms. The van der Waals surface area contributed by atoms with Crippen LogP contribution in [-0.2, 0) is 29.7 Å². The first-order chi connectivity index (χ1) is 23.6. The lowest BCUT2D eigenvalue weighted by atomic mass is 9.89. The van der Waals surface area contributed by atoms with E-state index in [1.165, 1.54) is 29.6 Å². The quantitative estimate of drug-likeness (QED) is 0.271. The molecule has 15 heteroatoms. The first-order valence-electron chi connectivity index (χ1n) is 16.2. The van der Waals surface area contributed by atoms with Crippen molar-refractivity contribution in [1.29, 1.82) is 0 Å². The fourth-order valence-corrected chi connectivity index (χ4v) is 6.78. The lowest BCUT2D eigenvalue weighted by Crippen LogP contribution is -2.57. The third kappa shape index (κ3) is 10.2. The van der Waals surface area contributed by atoms with E-state index in [4.69, 9.17) is 0 Å². The average molecular weight is 731 g/mol. The molecule has 278 valence electrons. The van der Waals surface area contributed by atoms with Gasteiger partial charge in [0, 0.05) is 63.0 Å². The minimum Gasteiger partial charge on any atom is -0.370 e. The number of para-hydroxylation sites is 1. The zero-order valence-electron chi connectivity index (χ0n) is 28.2. The van der Waals surface area contributed by atoms with E-state index in [1.54, 1.807) is 0 Å². The molecule has 2 atom stereocenters. The van der Waals surface area contributed by atoms with Gasteiger partial charge in [-0.15, -0.1) is 0 Å². The van der Waals surface area contributed by atoms with E-state index >= 15 is 0 Å². The van der Waals surface area contributed by atoms with Crippen molar-refractivity contribution in [2.24, 2.45) is 5.73 Å². The fourth-order valence-electron chi connectivity index (χ4n) is 6.78. The highest BCUT2D eigenvalue weighted by atomic mass is 19.4. The van der Waals surface area contributed by atoms with Crippen LogP contribution in [0.2, 0.25) is 0 Å². The molecule has 0 aliphatic carbocycles. The summed E-state index contributed by atoms with van der Waals surface area (Å²) in [6.07, 6.45) is -13.9. The minimum absolute atomic E-state index is 0.0270. The van der Waals surface area contributed by atoms with Gasteiger partial charge in [0.15, 0.2) is 0 Å². The predicted octanol–water partition coefficient (Wildman–Crippen LogP) is 7.89. The number of anilines is 1. The second-order valence-corrected chi connectivity index (χ2v) is 12.9. The maximum Gasteiger partial charge on any atom is 0.416 e. The predicted molar refractivity (Wildman–Crippen MR) is 174 cm³/mol. The zero-order chi connectivity index (χ0) is 37.9. The van der Waals surface area contributed by atoms with E-state index in [9.17, 15) is 49.1 Å². The molecule has 2 heterocycles. The number of piperidine rings is 1. The summed E-state index contributed by atoms with van der Waals surface area (Å²) in [5, 5.41) is 0. The number of alkyl halides is 9. The van der Waals surface area contributed by atoms with Crippen LogP contribution in [0.25, 0.3) is 0 Å². The van der Waals surface area contributed by atoms with E-state index in [2.05, 4.69) is 41.5 Å². The molecule has 2 unspecified atom stereocenters. The van der Waals surface area contributed by atoms with Gasteiger partial charge < -0.3 is 15.5 Å². The van der Waals surface area contributed by atoms with Crippen molar-refractivity contribution < 1.29 is 49.1 Å². The monoisotopic (exact) mass is 730 g/mol. The first kappa shape index (κ1) is 39.5. The SMILES string of the molecule is CC(N)=O.Cc1cccc(C)c1N1CCN(C2CCN(C(=O)c3cc(C(F)(F)F)cc(C(F)(F)F)c3)C(Cc3ccc(C(F)(F)F)cc3)C2)CC1. The van der Waals surface area contributed by atoms with Crippen LogP contribution in [0.4, 0.5) is 45.2 Å². The lowest BCUT2D eigenvalue weighted by Gasteiger charge is -2.47. The van der Waals surface area contributed by atoms with Crippen molar-refractivity contribution >= 4 is 17.5 Å². The molecule has 2 saturated heterocycles.